The zero-order valence-corrected chi connectivity index (χ0v) is 32.1. The fourth-order valence-corrected chi connectivity index (χ4v) is 6.26. The highest BCUT2D eigenvalue weighted by molar-refractivity contribution is 6.31. The highest BCUT2D eigenvalue weighted by Gasteiger charge is 2.34. The van der Waals surface area contributed by atoms with Crippen molar-refractivity contribution in [3.63, 3.8) is 0 Å². The highest BCUT2D eigenvalue weighted by Crippen LogP contribution is 2.23. The second kappa shape index (κ2) is 19.2. The molecule has 1 aromatic heterocycles. The van der Waals surface area contributed by atoms with Crippen molar-refractivity contribution in [2.24, 2.45) is 11.3 Å². The SMILES string of the molecule is CN(Cc1ccccc1Cl)C(=O)[C@H](CCc1ccccc1)NC(=O)[C@H](CC(=O)NCC(C)(C)C)NC(=O)N1CCC(C(=O)N(C)c2cccnc2)CC1. The smallest absolute Gasteiger partial charge is 0.318 e. The number of pyridine rings is 1. The summed E-state index contributed by atoms with van der Waals surface area (Å²) in [5.41, 5.74) is 2.23. The van der Waals surface area contributed by atoms with Crippen molar-refractivity contribution in [1.82, 2.24) is 30.7 Å². The molecule has 1 aliphatic rings. The number of urea groups is 1. The van der Waals surface area contributed by atoms with Gasteiger partial charge in [-0.05, 0) is 60.4 Å². The van der Waals surface area contributed by atoms with Gasteiger partial charge in [0.05, 0.1) is 18.3 Å². The lowest BCUT2D eigenvalue weighted by Crippen LogP contribution is -2.57. The summed E-state index contributed by atoms with van der Waals surface area (Å²) in [6, 6.07) is 17.7. The Morgan fingerprint density at radius 2 is 1.58 bits per heavy atom. The molecule has 1 aliphatic heterocycles. The van der Waals surface area contributed by atoms with Gasteiger partial charge in [-0.3, -0.25) is 24.2 Å². The molecule has 0 spiro atoms. The van der Waals surface area contributed by atoms with Gasteiger partial charge in [0, 0.05) is 57.4 Å². The van der Waals surface area contributed by atoms with Crippen LogP contribution < -0.4 is 20.9 Å². The monoisotopic (exact) mass is 745 g/mol. The predicted octanol–water partition coefficient (Wildman–Crippen LogP) is 4.82. The van der Waals surface area contributed by atoms with Crippen LogP contribution in [-0.4, -0.2) is 90.3 Å². The predicted molar refractivity (Wildman–Crippen MR) is 206 cm³/mol. The molecule has 12 nitrogen and oxygen atoms in total. The zero-order valence-electron chi connectivity index (χ0n) is 31.3. The minimum absolute atomic E-state index is 0.0588. The van der Waals surface area contributed by atoms with Crippen LogP contribution in [0.25, 0.3) is 0 Å². The molecule has 2 atom stereocenters. The number of amides is 6. The van der Waals surface area contributed by atoms with Gasteiger partial charge in [-0.15, -0.1) is 0 Å². The molecule has 2 heterocycles. The first-order valence-electron chi connectivity index (χ1n) is 18.0. The van der Waals surface area contributed by atoms with Crippen molar-refractivity contribution < 1.29 is 24.0 Å². The van der Waals surface area contributed by atoms with Crippen LogP contribution >= 0.6 is 11.6 Å². The highest BCUT2D eigenvalue weighted by atomic mass is 35.5. The number of carbonyl (C=O) groups is 5. The molecule has 4 rings (SSSR count). The Morgan fingerprint density at radius 3 is 2.23 bits per heavy atom. The van der Waals surface area contributed by atoms with Crippen LogP contribution in [0.15, 0.2) is 79.1 Å². The number of anilines is 1. The number of likely N-dealkylation sites (tertiary alicyclic amines) is 1. The molecule has 3 aromatic rings. The summed E-state index contributed by atoms with van der Waals surface area (Å²) < 4.78 is 0. The third-order valence-corrected chi connectivity index (χ3v) is 9.60. The number of benzene rings is 2. The number of piperidine rings is 1. The molecular formula is C40H52ClN7O5. The van der Waals surface area contributed by atoms with Crippen LogP contribution in [0.5, 0.6) is 0 Å². The zero-order chi connectivity index (χ0) is 38.5. The Morgan fingerprint density at radius 1 is 0.906 bits per heavy atom. The van der Waals surface area contributed by atoms with Crippen molar-refractivity contribution in [3.05, 3.63) is 95.3 Å². The fourth-order valence-electron chi connectivity index (χ4n) is 6.07. The van der Waals surface area contributed by atoms with Gasteiger partial charge in [0.1, 0.15) is 12.1 Å². The van der Waals surface area contributed by atoms with Crippen molar-refractivity contribution in [3.8, 4) is 0 Å². The maximum absolute atomic E-state index is 14.0. The van der Waals surface area contributed by atoms with E-state index in [9.17, 15) is 24.0 Å². The summed E-state index contributed by atoms with van der Waals surface area (Å²) in [5, 5.41) is 9.02. The average Bonchev–Trinajstić information content (AvgIpc) is 3.15. The van der Waals surface area contributed by atoms with E-state index in [2.05, 4.69) is 20.9 Å². The molecule has 13 heteroatoms. The summed E-state index contributed by atoms with van der Waals surface area (Å²) in [6.45, 7) is 7.10. The normalized spacial score (nSPS) is 14.4. The van der Waals surface area contributed by atoms with E-state index < -0.39 is 29.9 Å². The average molecular weight is 746 g/mol. The number of aryl methyl sites for hydroxylation is 1. The van der Waals surface area contributed by atoms with Gasteiger partial charge in [-0.1, -0.05) is 80.9 Å². The van der Waals surface area contributed by atoms with Gasteiger partial charge in [0.25, 0.3) is 0 Å². The summed E-state index contributed by atoms with van der Waals surface area (Å²) in [6.07, 6.45) is 4.61. The summed E-state index contributed by atoms with van der Waals surface area (Å²) >= 11 is 6.39. The second-order valence-electron chi connectivity index (χ2n) is 14.8. The Kier molecular flexibility index (Phi) is 14.8. The fraction of sp³-hybridized carbons (Fsp3) is 0.450. The Labute approximate surface area is 317 Å². The standard InChI is InChI=1S/C40H52ClN7O5/c1-40(2,3)27-43-35(49)24-34(45-39(53)48-22-19-29(20-23-48)37(51)47(5)31-15-11-21-42-25-31)36(50)44-33(18-17-28-12-7-6-8-13-28)38(52)46(4)26-30-14-9-10-16-32(30)41/h6-16,21,25,29,33-34H,17-20,22-24,26-27H2,1-5H3,(H,43,49)(H,44,50)(H,45,53)/t33-,34-/m0/s1. The van der Waals surface area contributed by atoms with Gasteiger partial charge < -0.3 is 30.7 Å². The molecule has 0 radical (unpaired) electrons. The van der Waals surface area contributed by atoms with Gasteiger partial charge in [-0.2, -0.15) is 0 Å². The van der Waals surface area contributed by atoms with Crippen LogP contribution in [0, 0.1) is 11.3 Å². The largest absolute Gasteiger partial charge is 0.355 e. The van der Waals surface area contributed by atoms with Crippen molar-refractivity contribution in [2.75, 3.05) is 38.6 Å². The molecule has 1 fully saturated rings. The summed E-state index contributed by atoms with van der Waals surface area (Å²) in [5.74, 6) is -1.74. The van der Waals surface area contributed by atoms with Crippen LogP contribution in [-0.2, 0) is 32.1 Å². The molecule has 3 N–H and O–H groups in total. The van der Waals surface area contributed by atoms with E-state index in [1.807, 2.05) is 75.4 Å². The van der Waals surface area contributed by atoms with Crippen LogP contribution in [0.1, 0.15) is 57.6 Å². The molecule has 2 aromatic carbocycles. The third-order valence-electron chi connectivity index (χ3n) is 9.24. The number of nitrogens with zero attached hydrogens (tertiary/aromatic N) is 4. The number of nitrogens with one attached hydrogen (secondary N) is 3. The molecule has 284 valence electrons. The first kappa shape index (κ1) is 40.8. The van der Waals surface area contributed by atoms with E-state index in [0.717, 1.165) is 11.1 Å². The first-order valence-corrected chi connectivity index (χ1v) is 18.4. The minimum atomic E-state index is -1.26. The lowest BCUT2D eigenvalue weighted by atomic mass is 9.95. The van der Waals surface area contributed by atoms with E-state index >= 15 is 0 Å². The number of hydrogen-bond donors (Lipinski definition) is 3. The van der Waals surface area contributed by atoms with Gasteiger partial charge in [-0.25, -0.2) is 4.79 Å². The Bertz CT molecular complexity index is 1690. The van der Waals surface area contributed by atoms with Crippen LogP contribution in [0.2, 0.25) is 5.02 Å². The summed E-state index contributed by atoms with van der Waals surface area (Å²) in [4.78, 5) is 76.7. The number of halogens is 1. The maximum atomic E-state index is 14.0. The quantitative estimate of drug-likeness (QED) is 0.216. The molecule has 0 aliphatic carbocycles. The van der Waals surface area contributed by atoms with Gasteiger partial charge in [0.2, 0.25) is 23.6 Å². The molecule has 6 amide bonds. The molecule has 53 heavy (non-hydrogen) atoms. The van der Waals surface area contributed by atoms with Crippen molar-refractivity contribution in [1.29, 1.82) is 0 Å². The number of rotatable bonds is 14. The molecule has 1 saturated heterocycles. The Hall–Kier alpha value is -4.97. The molecular weight excluding hydrogens is 694 g/mol. The minimum Gasteiger partial charge on any atom is -0.355 e. The summed E-state index contributed by atoms with van der Waals surface area (Å²) in [7, 11) is 3.36. The van der Waals surface area contributed by atoms with Crippen molar-refractivity contribution >= 4 is 46.9 Å². The Balaban J connectivity index is 1.47. The number of likely N-dealkylation sites (N-methyl/N-ethyl adjacent to an activating group) is 1. The molecule has 0 saturated carbocycles. The van der Waals surface area contributed by atoms with E-state index in [1.54, 1.807) is 48.4 Å². The van der Waals surface area contributed by atoms with Crippen LogP contribution in [0.4, 0.5) is 10.5 Å². The number of carbonyl (C=O) groups excluding carboxylic acids is 5. The van der Waals surface area contributed by atoms with E-state index in [-0.39, 0.29) is 42.5 Å². The number of aromatic nitrogens is 1. The van der Waals surface area contributed by atoms with E-state index in [1.165, 1.54) is 4.90 Å². The van der Waals surface area contributed by atoms with Gasteiger partial charge >= 0.3 is 6.03 Å². The van der Waals surface area contributed by atoms with E-state index in [4.69, 9.17) is 11.6 Å². The molecule has 0 unspecified atom stereocenters. The molecule has 0 bridgehead atoms. The topological polar surface area (TPSA) is 144 Å². The lowest BCUT2D eigenvalue weighted by molar-refractivity contribution is -0.136. The second-order valence-corrected chi connectivity index (χ2v) is 15.2. The third kappa shape index (κ3) is 12.6. The van der Waals surface area contributed by atoms with Gasteiger partial charge in [0.15, 0.2) is 0 Å². The van der Waals surface area contributed by atoms with E-state index in [0.29, 0.717) is 49.6 Å². The van der Waals surface area contributed by atoms with Crippen LogP contribution in [0.3, 0.4) is 0 Å². The maximum Gasteiger partial charge on any atom is 0.318 e. The number of hydrogen-bond acceptors (Lipinski definition) is 6. The first-order chi connectivity index (χ1) is 25.2. The lowest BCUT2D eigenvalue weighted by Gasteiger charge is -2.34. The van der Waals surface area contributed by atoms with Crippen molar-refractivity contribution in [2.45, 2.75) is 71.5 Å².